The summed E-state index contributed by atoms with van der Waals surface area (Å²) in [4.78, 5) is 28.0. The van der Waals surface area contributed by atoms with Crippen molar-refractivity contribution in [3.8, 4) is 0 Å². The molecule has 3 fully saturated rings. The van der Waals surface area contributed by atoms with Crippen molar-refractivity contribution in [2.75, 3.05) is 19.6 Å². The molecule has 3 heterocycles. The molecule has 4 heteroatoms. The first-order chi connectivity index (χ1) is 9.25. The molecule has 0 bridgehead atoms. The lowest BCUT2D eigenvalue weighted by atomic mass is 9.83. The first kappa shape index (κ1) is 13.1. The second kappa shape index (κ2) is 5.61. The Kier molecular flexibility index (Phi) is 3.87. The van der Waals surface area contributed by atoms with Crippen molar-refractivity contribution in [2.24, 2.45) is 5.92 Å². The van der Waals surface area contributed by atoms with Crippen LogP contribution < -0.4 is 0 Å². The van der Waals surface area contributed by atoms with Gasteiger partial charge in [0.2, 0.25) is 11.8 Å². The highest BCUT2D eigenvalue weighted by Gasteiger charge is 2.36. The van der Waals surface area contributed by atoms with Crippen LogP contribution in [0.1, 0.15) is 51.4 Å². The van der Waals surface area contributed by atoms with Crippen LogP contribution in [0.15, 0.2) is 0 Å². The normalized spacial score (nSPS) is 33.4. The summed E-state index contributed by atoms with van der Waals surface area (Å²) in [6, 6.07) is 0.616. The van der Waals surface area contributed by atoms with E-state index < -0.39 is 0 Å². The van der Waals surface area contributed by atoms with E-state index >= 15 is 0 Å². The van der Waals surface area contributed by atoms with Crippen molar-refractivity contribution >= 4 is 11.8 Å². The zero-order valence-electron chi connectivity index (χ0n) is 11.6. The third-order valence-electron chi connectivity index (χ3n) is 5.03. The minimum Gasteiger partial charge on any atom is -0.300 e. The monoisotopic (exact) mass is 264 g/mol. The summed E-state index contributed by atoms with van der Waals surface area (Å²) in [5.74, 6) is 0.633. The molecule has 3 aliphatic rings. The van der Waals surface area contributed by atoms with Crippen LogP contribution in [0.3, 0.4) is 0 Å². The molecular formula is C15H24N2O2. The maximum absolute atomic E-state index is 11.9. The summed E-state index contributed by atoms with van der Waals surface area (Å²) in [5, 5.41) is 0. The zero-order valence-corrected chi connectivity index (χ0v) is 11.6. The summed E-state index contributed by atoms with van der Waals surface area (Å²) in [6.45, 7) is 3.10. The molecule has 0 spiro atoms. The average Bonchev–Trinajstić information content (AvgIpc) is 2.43. The van der Waals surface area contributed by atoms with Gasteiger partial charge >= 0.3 is 0 Å². The van der Waals surface area contributed by atoms with E-state index in [0.717, 1.165) is 6.42 Å². The second-order valence-corrected chi connectivity index (χ2v) is 6.25. The van der Waals surface area contributed by atoms with Crippen molar-refractivity contribution in [1.29, 1.82) is 0 Å². The Morgan fingerprint density at radius 2 is 1.63 bits per heavy atom. The lowest BCUT2D eigenvalue weighted by Crippen LogP contribution is -2.53. The molecule has 2 amide bonds. The summed E-state index contributed by atoms with van der Waals surface area (Å²) in [6.07, 6.45) is 8.13. The summed E-state index contributed by atoms with van der Waals surface area (Å²) < 4.78 is 0. The number of imide groups is 1. The van der Waals surface area contributed by atoms with E-state index in [1.54, 1.807) is 4.90 Å². The van der Waals surface area contributed by atoms with E-state index in [1.165, 1.54) is 45.2 Å². The predicted molar refractivity (Wildman–Crippen MR) is 72.5 cm³/mol. The van der Waals surface area contributed by atoms with E-state index in [9.17, 15) is 9.59 Å². The lowest BCUT2D eigenvalue weighted by Gasteiger charge is -2.45. The first-order valence-electron chi connectivity index (χ1n) is 7.83. The highest BCUT2D eigenvalue weighted by atomic mass is 16.2. The number of hydrogen-bond acceptors (Lipinski definition) is 3. The van der Waals surface area contributed by atoms with Crippen LogP contribution in [0.25, 0.3) is 0 Å². The van der Waals surface area contributed by atoms with Crippen molar-refractivity contribution in [3.63, 3.8) is 0 Å². The first-order valence-corrected chi connectivity index (χ1v) is 7.83. The van der Waals surface area contributed by atoms with Gasteiger partial charge in [0.1, 0.15) is 0 Å². The molecule has 2 atom stereocenters. The summed E-state index contributed by atoms with van der Waals surface area (Å²) >= 11 is 0. The quantitative estimate of drug-likeness (QED) is 0.714. The Morgan fingerprint density at radius 3 is 2.42 bits per heavy atom. The SMILES string of the molecule is O=C1CCCC(=O)N1C[C@H]1CCCN2CCCC[C@H]12. The lowest BCUT2D eigenvalue weighted by molar-refractivity contribution is -0.149. The fraction of sp³-hybridized carbons (Fsp3) is 0.867. The maximum atomic E-state index is 11.9. The van der Waals surface area contributed by atoms with Crippen LogP contribution in [0.2, 0.25) is 0 Å². The molecule has 0 N–H and O–H groups in total. The van der Waals surface area contributed by atoms with Crippen molar-refractivity contribution in [2.45, 2.75) is 57.4 Å². The largest absolute Gasteiger partial charge is 0.300 e. The molecule has 3 rings (SSSR count). The van der Waals surface area contributed by atoms with Gasteiger partial charge in [-0.25, -0.2) is 0 Å². The molecule has 3 aliphatic heterocycles. The van der Waals surface area contributed by atoms with Crippen LogP contribution in [-0.4, -0.2) is 47.3 Å². The molecule has 4 nitrogen and oxygen atoms in total. The number of rotatable bonds is 2. The molecular weight excluding hydrogens is 240 g/mol. The van der Waals surface area contributed by atoms with E-state index in [-0.39, 0.29) is 11.8 Å². The molecule has 106 valence electrons. The third kappa shape index (κ3) is 2.69. The van der Waals surface area contributed by atoms with Crippen LogP contribution in [0.4, 0.5) is 0 Å². The van der Waals surface area contributed by atoms with Crippen molar-refractivity contribution in [1.82, 2.24) is 9.80 Å². The summed E-state index contributed by atoms with van der Waals surface area (Å²) in [7, 11) is 0. The summed E-state index contributed by atoms with van der Waals surface area (Å²) in [5.41, 5.74) is 0. The smallest absolute Gasteiger partial charge is 0.229 e. The zero-order chi connectivity index (χ0) is 13.2. The molecule has 0 unspecified atom stereocenters. The van der Waals surface area contributed by atoms with Gasteiger partial charge in [-0.3, -0.25) is 14.5 Å². The minimum atomic E-state index is 0.0594. The molecule has 0 radical (unpaired) electrons. The number of likely N-dealkylation sites (tertiary alicyclic amines) is 1. The number of carbonyl (C=O) groups is 2. The van der Waals surface area contributed by atoms with Gasteiger partial charge in [0.25, 0.3) is 0 Å². The average molecular weight is 264 g/mol. The van der Waals surface area contributed by atoms with E-state index in [1.807, 2.05) is 0 Å². The number of amides is 2. The van der Waals surface area contributed by atoms with Gasteiger partial charge in [-0.1, -0.05) is 6.42 Å². The van der Waals surface area contributed by atoms with Gasteiger partial charge in [-0.2, -0.15) is 0 Å². The van der Waals surface area contributed by atoms with E-state index in [0.29, 0.717) is 31.3 Å². The Labute approximate surface area is 115 Å². The van der Waals surface area contributed by atoms with Gasteiger partial charge in [-0.15, -0.1) is 0 Å². The number of nitrogens with zero attached hydrogens (tertiary/aromatic N) is 2. The Hall–Kier alpha value is -0.900. The minimum absolute atomic E-state index is 0.0594. The van der Waals surface area contributed by atoms with Crippen molar-refractivity contribution < 1.29 is 9.59 Å². The van der Waals surface area contributed by atoms with Crippen LogP contribution in [0.5, 0.6) is 0 Å². The van der Waals surface area contributed by atoms with Crippen LogP contribution >= 0.6 is 0 Å². The van der Waals surface area contributed by atoms with Gasteiger partial charge in [-0.05, 0) is 51.1 Å². The van der Waals surface area contributed by atoms with Gasteiger partial charge in [0, 0.05) is 25.4 Å². The number of piperidine rings is 3. The molecule has 0 saturated carbocycles. The van der Waals surface area contributed by atoms with Gasteiger partial charge in [0.15, 0.2) is 0 Å². The topological polar surface area (TPSA) is 40.6 Å². The fourth-order valence-electron chi connectivity index (χ4n) is 4.03. The molecule has 0 aromatic rings. The molecule has 0 aromatic carbocycles. The number of hydrogen-bond donors (Lipinski definition) is 0. The number of carbonyl (C=O) groups excluding carboxylic acids is 2. The fourth-order valence-corrected chi connectivity index (χ4v) is 4.03. The highest BCUT2D eigenvalue weighted by molar-refractivity contribution is 5.97. The third-order valence-corrected chi connectivity index (χ3v) is 5.03. The molecule has 19 heavy (non-hydrogen) atoms. The molecule has 0 aromatic heterocycles. The van der Waals surface area contributed by atoms with Crippen LogP contribution in [-0.2, 0) is 9.59 Å². The van der Waals surface area contributed by atoms with Gasteiger partial charge in [0.05, 0.1) is 0 Å². The standard InChI is InChI=1S/C15H24N2O2/c18-14-7-3-8-15(19)17(14)11-12-5-4-10-16-9-2-1-6-13(12)16/h12-13H,1-11H2/t12-,13-/m1/s1. The van der Waals surface area contributed by atoms with Crippen molar-refractivity contribution in [3.05, 3.63) is 0 Å². The Bertz CT molecular complexity index is 351. The van der Waals surface area contributed by atoms with E-state index in [2.05, 4.69) is 4.90 Å². The van der Waals surface area contributed by atoms with Crippen LogP contribution in [0, 0.1) is 5.92 Å². The van der Waals surface area contributed by atoms with Gasteiger partial charge < -0.3 is 4.90 Å². The Balaban J connectivity index is 1.67. The Morgan fingerprint density at radius 1 is 0.895 bits per heavy atom. The van der Waals surface area contributed by atoms with E-state index in [4.69, 9.17) is 0 Å². The molecule has 3 saturated heterocycles. The number of fused-ring (bicyclic) bond motifs is 1. The molecule has 0 aliphatic carbocycles. The maximum Gasteiger partial charge on any atom is 0.229 e. The predicted octanol–water partition coefficient (Wildman–Crippen LogP) is 1.79. The second-order valence-electron chi connectivity index (χ2n) is 6.25. The highest BCUT2D eigenvalue weighted by Crippen LogP contribution is 2.32.